The molecule has 0 rings (SSSR count). The molecule has 0 aromatic carbocycles. The lowest BCUT2D eigenvalue weighted by Crippen LogP contribution is -2.06. The van der Waals surface area contributed by atoms with Gasteiger partial charge in [0.15, 0.2) is 0 Å². The van der Waals surface area contributed by atoms with Gasteiger partial charge in [0.25, 0.3) is 0 Å². The van der Waals surface area contributed by atoms with E-state index < -0.39 is 0 Å². The lowest BCUT2D eigenvalue weighted by molar-refractivity contribution is 0.142. The Morgan fingerprint density at radius 2 is 2.57 bits per heavy atom. The molecule has 0 amide bonds. The predicted molar refractivity (Wildman–Crippen MR) is 25.2 cm³/mol. The number of rotatable bonds is 3. The maximum atomic E-state index is 9.54. The van der Waals surface area contributed by atoms with Crippen molar-refractivity contribution in [2.45, 2.75) is 13.0 Å². The summed E-state index contributed by atoms with van der Waals surface area (Å²) in [5.74, 6) is 0. The Balaban J connectivity index is 2.98. The minimum Gasteiger partial charge on any atom is -0.394 e. The lowest BCUT2D eigenvalue weighted by atomic mass is 10.5. The van der Waals surface area contributed by atoms with Gasteiger partial charge >= 0.3 is 8.69 Å². The first-order valence-corrected chi connectivity index (χ1v) is 2.63. The quantitative estimate of drug-likeness (QED) is 0.557. The average molecular weight is 122 g/mol. The highest BCUT2D eigenvalue weighted by Crippen LogP contribution is 1.99. The fourth-order valence-corrected chi connectivity index (χ4v) is 0.320. The third-order valence-corrected chi connectivity index (χ3v) is 0.926. The van der Waals surface area contributed by atoms with Gasteiger partial charge in [-0.2, -0.15) is 0 Å². The van der Waals surface area contributed by atoms with Crippen molar-refractivity contribution in [3.05, 3.63) is 0 Å². The van der Waals surface area contributed by atoms with E-state index in [1.54, 1.807) is 6.92 Å². The molecular weight excluding hydrogens is 115 g/mol. The number of aliphatic hydroxyl groups excluding tert-OH is 1. The van der Waals surface area contributed by atoms with E-state index in [0.29, 0.717) is 0 Å². The Hall–Kier alpha value is 0.0200. The first-order chi connectivity index (χ1) is 3.31. The molecule has 0 radical (unpaired) electrons. The van der Waals surface area contributed by atoms with E-state index in [2.05, 4.69) is 4.52 Å². The highest BCUT2D eigenvalue weighted by molar-refractivity contribution is 7.17. The molecule has 0 aliphatic heterocycles. The molecular formula is C3H7O3P. The SMILES string of the molecule is CC(CO)OP=O. The van der Waals surface area contributed by atoms with Gasteiger partial charge in [0.05, 0.1) is 12.7 Å². The van der Waals surface area contributed by atoms with Gasteiger partial charge in [0.1, 0.15) is 0 Å². The van der Waals surface area contributed by atoms with Crippen molar-refractivity contribution in [3.63, 3.8) is 0 Å². The van der Waals surface area contributed by atoms with Gasteiger partial charge in [-0.05, 0) is 6.92 Å². The fraction of sp³-hybridized carbons (Fsp3) is 1.00. The molecule has 0 fully saturated rings. The van der Waals surface area contributed by atoms with Crippen LogP contribution in [-0.2, 0) is 9.09 Å². The van der Waals surface area contributed by atoms with Crippen molar-refractivity contribution in [3.8, 4) is 0 Å². The normalized spacial score (nSPS) is 14.6. The zero-order chi connectivity index (χ0) is 5.70. The van der Waals surface area contributed by atoms with E-state index in [0.717, 1.165) is 0 Å². The molecule has 7 heavy (non-hydrogen) atoms. The lowest BCUT2D eigenvalue weighted by Gasteiger charge is -1.97. The standard InChI is InChI=1S/C3H7O3P/c1-3(2-4)6-7-5/h3-4H,2H2,1H3. The summed E-state index contributed by atoms with van der Waals surface area (Å²) in [6.07, 6.45) is -0.320. The van der Waals surface area contributed by atoms with Crippen LogP contribution in [0.4, 0.5) is 0 Å². The molecule has 0 aromatic heterocycles. The zero-order valence-electron chi connectivity index (χ0n) is 4.00. The Bertz CT molecular complexity index is 56.1. The molecule has 3 nitrogen and oxygen atoms in total. The van der Waals surface area contributed by atoms with Gasteiger partial charge in [-0.3, -0.25) is 4.52 Å². The first-order valence-electron chi connectivity index (χ1n) is 1.90. The van der Waals surface area contributed by atoms with Gasteiger partial charge in [-0.25, -0.2) is 4.57 Å². The highest BCUT2D eigenvalue weighted by Gasteiger charge is 1.95. The van der Waals surface area contributed by atoms with E-state index in [1.807, 2.05) is 0 Å². The summed E-state index contributed by atoms with van der Waals surface area (Å²) in [5, 5.41) is 8.20. The molecule has 1 unspecified atom stereocenters. The Labute approximate surface area is 43.6 Å². The van der Waals surface area contributed by atoms with Crippen LogP contribution in [-0.4, -0.2) is 17.8 Å². The van der Waals surface area contributed by atoms with Gasteiger partial charge in [0, 0.05) is 0 Å². The van der Waals surface area contributed by atoms with Crippen LogP contribution in [0.5, 0.6) is 0 Å². The molecule has 0 aliphatic rings. The van der Waals surface area contributed by atoms with Crippen LogP contribution in [0.25, 0.3) is 0 Å². The second-order valence-electron chi connectivity index (χ2n) is 1.17. The smallest absolute Gasteiger partial charge is 0.327 e. The molecule has 0 aliphatic carbocycles. The third kappa shape index (κ3) is 3.86. The monoisotopic (exact) mass is 122 g/mol. The molecule has 42 valence electrons. The Kier molecular flexibility index (Phi) is 4.20. The molecule has 0 spiro atoms. The van der Waals surface area contributed by atoms with Crippen molar-refractivity contribution in [2.24, 2.45) is 0 Å². The van der Waals surface area contributed by atoms with Gasteiger partial charge < -0.3 is 5.11 Å². The largest absolute Gasteiger partial charge is 0.394 e. The number of hydrogen-bond donors (Lipinski definition) is 1. The van der Waals surface area contributed by atoms with Crippen molar-refractivity contribution >= 4 is 8.69 Å². The van der Waals surface area contributed by atoms with Crippen LogP contribution in [0.15, 0.2) is 0 Å². The van der Waals surface area contributed by atoms with Crippen molar-refractivity contribution in [2.75, 3.05) is 6.61 Å². The van der Waals surface area contributed by atoms with Crippen LogP contribution < -0.4 is 0 Å². The van der Waals surface area contributed by atoms with Gasteiger partial charge in [-0.1, -0.05) is 0 Å². The van der Waals surface area contributed by atoms with E-state index >= 15 is 0 Å². The van der Waals surface area contributed by atoms with Crippen LogP contribution in [0.1, 0.15) is 6.92 Å². The minimum atomic E-state index is -0.370. The van der Waals surface area contributed by atoms with Crippen LogP contribution in [0.2, 0.25) is 0 Å². The highest BCUT2D eigenvalue weighted by atomic mass is 31.1. The maximum absolute atomic E-state index is 9.54. The summed E-state index contributed by atoms with van der Waals surface area (Å²) in [4.78, 5) is 0. The Morgan fingerprint density at radius 3 is 2.71 bits per heavy atom. The first kappa shape index (κ1) is 7.02. The summed E-state index contributed by atoms with van der Waals surface area (Å²) in [6, 6.07) is 0. The molecule has 0 bridgehead atoms. The Morgan fingerprint density at radius 1 is 2.00 bits per heavy atom. The molecule has 1 N–H and O–H groups in total. The van der Waals surface area contributed by atoms with E-state index in [4.69, 9.17) is 5.11 Å². The molecule has 0 heterocycles. The molecule has 0 saturated carbocycles. The maximum Gasteiger partial charge on any atom is 0.327 e. The summed E-state index contributed by atoms with van der Waals surface area (Å²) in [7, 11) is -0.370. The number of hydrogen-bond acceptors (Lipinski definition) is 3. The van der Waals surface area contributed by atoms with E-state index in [1.165, 1.54) is 0 Å². The van der Waals surface area contributed by atoms with Gasteiger partial charge in [-0.15, -0.1) is 0 Å². The summed E-state index contributed by atoms with van der Waals surface area (Å²) in [6.45, 7) is 1.54. The average Bonchev–Trinajstić information content (AvgIpc) is 1.68. The molecule has 0 saturated heterocycles. The minimum absolute atomic E-state index is 0.0881. The summed E-state index contributed by atoms with van der Waals surface area (Å²) >= 11 is 0. The van der Waals surface area contributed by atoms with E-state index in [9.17, 15) is 4.57 Å². The number of aliphatic hydroxyl groups is 1. The molecule has 4 heteroatoms. The van der Waals surface area contributed by atoms with Gasteiger partial charge in [0.2, 0.25) is 0 Å². The van der Waals surface area contributed by atoms with Crippen molar-refractivity contribution in [1.82, 2.24) is 0 Å². The molecule has 1 atom stereocenters. The summed E-state index contributed by atoms with van der Waals surface area (Å²) < 4.78 is 13.9. The third-order valence-electron chi connectivity index (χ3n) is 0.480. The zero-order valence-corrected chi connectivity index (χ0v) is 4.89. The van der Waals surface area contributed by atoms with E-state index in [-0.39, 0.29) is 21.4 Å². The topological polar surface area (TPSA) is 46.5 Å². The van der Waals surface area contributed by atoms with Crippen LogP contribution in [0.3, 0.4) is 0 Å². The van der Waals surface area contributed by atoms with Crippen molar-refractivity contribution < 1.29 is 14.2 Å². The summed E-state index contributed by atoms with van der Waals surface area (Å²) in [5.41, 5.74) is 0. The second kappa shape index (κ2) is 4.19. The van der Waals surface area contributed by atoms with Crippen LogP contribution in [0, 0.1) is 0 Å². The van der Waals surface area contributed by atoms with Crippen molar-refractivity contribution in [1.29, 1.82) is 0 Å². The molecule has 0 aromatic rings. The fourth-order valence-electron chi connectivity index (χ4n) is 0.107. The predicted octanol–water partition coefficient (Wildman–Crippen LogP) is 0.591. The second-order valence-corrected chi connectivity index (χ2v) is 1.53. The van der Waals surface area contributed by atoms with Crippen LogP contribution >= 0.6 is 8.69 Å².